The predicted octanol–water partition coefficient (Wildman–Crippen LogP) is 5.24. The third-order valence-electron chi connectivity index (χ3n) is 5.69. The molecule has 0 saturated carbocycles. The first-order valence-corrected chi connectivity index (χ1v) is 12.0. The fraction of sp³-hybridized carbons (Fsp3) is 0.333. The van der Waals surface area contributed by atoms with Crippen molar-refractivity contribution in [2.45, 2.75) is 59.2 Å². The number of aryl methyl sites for hydroxylation is 2. The highest BCUT2D eigenvalue weighted by Crippen LogP contribution is 2.19. The number of rotatable bonds is 9. The number of amides is 2. The van der Waals surface area contributed by atoms with Crippen LogP contribution < -0.4 is 10.1 Å². The highest BCUT2D eigenvalue weighted by atomic mass is 16.5. The van der Waals surface area contributed by atoms with Crippen molar-refractivity contribution in [1.82, 2.24) is 10.2 Å². The molecule has 1 atom stereocenters. The molecular formula is C30H36N2O3. The smallest absolute Gasteiger partial charge is 0.261 e. The molecular weight excluding hydrogens is 436 g/mol. The van der Waals surface area contributed by atoms with Crippen molar-refractivity contribution in [3.63, 3.8) is 0 Å². The first-order valence-electron chi connectivity index (χ1n) is 12.0. The highest BCUT2D eigenvalue weighted by Gasteiger charge is 2.32. The minimum Gasteiger partial charge on any atom is -0.484 e. The van der Waals surface area contributed by atoms with Crippen molar-refractivity contribution >= 4 is 11.8 Å². The number of para-hydroxylation sites is 1. The van der Waals surface area contributed by atoms with Crippen molar-refractivity contribution in [1.29, 1.82) is 0 Å². The van der Waals surface area contributed by atoms with Gasteiger partial charge in [-0.3, -0.25) is 9.59 Å². The van der Waals surface area contributed by atoms with Crippen molar-refractivity contribution in [3.8, 4) is 5.75 Å². The zero-order valence-corrected chi connectivity index (χ0v) is 21.4. The van der Waals surface area contributed by atoms with Gasteiger partial charge in [-0.25, -0.2) is 0 Å². The van der Waals surface area contributed by atoms with Gasteiger partial charge in [0.25, 0.3) is 5.91 Å². The van der Waals surface area contributed by atoms with E-state index in [1.165, 1.54) is 0 Å². The average molecular weight is 473 g/mol. The van der Waals surface area contributed by atoms with Crippen LogP contribution in [0.3, 0.4) is 0 Å². The van der Waals surface area contributed by atoms with Crippen molar-refractivity contribution < 1.29 is 14.3 Å². The highest BCUT2D eigenvalue weighted by molar-refractivity contribution is 5.89. The Morgan fingerprint density at radius 2 is 1.49 bits per heavy atom. The zero-order valence-electron chi connectivity index (χ0n) is 21.4. The summed E-state index contributed by atoms with van der Waals surface area (Å²) in [6, 6.07) is 24.7. The van der Waals surface area contributed by atoms with E-state index in [1.54, 1.807) is 4.90 Å². The summed E-state index contributed by atoms with van der Waals surface area (Å²) in [5.41, 5.74) is 3.62. The van der Waals surface area contributed by atoms with Crippen LogP contribution >= 0.6 is 0 Å². The Morgan fingerprint density at radius 1 is 0.857 bits per heavy atom. The Balaban J connectivity index is 1.93. The number of benzene rings is 3. The zero-order chi connectivity index (χ0) is 25.4. The van der Waals surface area contributed by atoms with Gasteiger partial charge in [-0.15, -0.1) is 0 Å². The number of hydrogen-bond acceptors (Lipinski definition) is 3. The van der Waals surface area contributed by atoms with Gasteiger partial charge >= 0.3 is 0 Å². The molecule has 0 unspecified atom stereocenters. The molecule has 0 bridgehead atoms. The van der Waals surface area contributed by atoms with Crippen LogP contribution in [0.5, 0.6) is 5.75 Å². The molecule has 5 nitrogen and oxygen atoms in total. The number of ether oxygens (including phenoxy) is 1. The van der Waals surface area contributed by atoms with Crippen LogP contribution in [0.25, 0.3) is 0 Å². The maximum Gasteiger partial charge on any atom is 0.261 e. The molecule has 0 heterocycles. The van der Waals surface area contributed by atoms with Crippen molar-refractivity contribution in [2.75, 3.05) is 6.61 Å². The monoisotopic (exact) mass is 472 g/mol. The molecule has 35 heavy (non-hydrogen) atoms. The maximum atomic E-state index is 13.6. The number of hydrogen-bond donors (Lipinski definition) is 1. The van der Waals surface area contributed by atoms with Gasteiger partial charge in [-0.2, -0.15) is 0 Å². The summed E-state index contributed by atoms with van der Waals surface area (Å²) in [6.07, 6.45) is 0.407. The van der Waals surface area contributed by atoms with Crippen molar-refractivity contribution in [2.24, 2.45) is 0 Å². The summed E-state index contributed by atoms with van der Waals surface area (Å²) in [5, 5.41) is 3.08. The molecule has 0 aliphatic heterocycles. The third-order valence-corrected chi connectivity index (χ3v) is 5.69. The second kappa shape index (κ2) is 11.7. The maximum absolute atomic E-state index is 13.6. The Bertz CT molecular complexity index is 1120. The molecule has 5 heteroatoms. The number of nitrogens with one attached hydrogen (secondary N) is 1. The Hall–Kier alpha value is -3.60. The van der Waals surface area contributed by atoms with E-state index in [-0.39, 0.29) is 18.4 Å². The lowest BCUT2D eigenvalue weighted by atomic mass is 10.0. The molecule has 3 aromatic carbocycles. The molecule has 2 amide bonds. The van der Waals surface area contributed by atoms with Crippen LogP contribution in [-0.4, -0.2) is 34.9 Å². The van der Waals surface area contributed by atoms with Crippen LogP contribution in [0, 0.1) is 13.8 Å². The quantitative estimate of drug-likeness (QED) is 0.464. The van der Waals surface area contributed by atoms with E-state index in [9.17, 15) is 9.59 Å². The molecule has 0 aliphatic carbocycles. The Kier molecular flexibility index (Phi) is 8.69. The van der Waals surface area contributed by atoms with Crippen LogP contribution in [0.4, 0.5) is 0 Å². The van der Waals surface area contributed by atoms with E-state index < -0.39 is 11.6 Å². The van der Waals surface area contributed by atoms with Gasteiger partial charge in [-0.05, 0) is 57.4 Å². The molecule has 0 fully saturated rings. The van der Waals surface area contributed by atoms with Gasteiger partial charge in [0.1, 0.15) is 11.8 Å². The normalized spacial score (nSPS) is 12.0. The van der Waals surface area contributed by atoms with E-state index >= 15 is 0 Å². The predicted molar refractivity (Wildman–Crippen MR) is 140 cm³/mol. The Morgan fingerprint density at radius 3 is 2.11 bits per heavy atom. The van der Waals surface area contributed by atoms with Gasteiger partial charge in [0.2, 0.25) is 5.91 Å². The molecule has 0 aromatic heterocycles. The molecule has 0 aliphatic rings. The fourth-order valence-electron chi connectivity index (χ4n) is 3.84. The minimum atomic E-state index is -0.689. The lowest BCUT2D eigenvalue weighted by Crippen LogP contribution is -2.55. The molecule has 0 spiro atoms. The fourth-order valence-corrected chi connectivity index (χ4v) is 3.84. The summed E-state index contributed by atoms with van der Waals surface area (Å²) in [7, 11) is 0. The van der Waals surface area contributed by atoms with E-state index in [2.05, 4.69) is 5.32 Å². The van der Waals surface area contributed by atoms with Gasteiger partial charge in [0.15, 0.2) is 6.61 Å². The topological polar surface area (TPSA) is 58.6 Å². The second-order valence-corrected chi connectivity index (χ2v) is 10.0. The molecule has 184 valence electrons. The van der Waals surface area contributed by atoms with E-state index in [0.29, 0.717) is 18.7 Å². The van der Waals surface area contributed by atoms with Gasteiger partial charge < -0.3 is 15.0 Å². The lowest BCUT2D eigenvalue weighted by molar-refractivity contribution is -0.143. The first kappa shape index (κ1) is 26.0. The van der Waals surface area contributed by atoms with Crippen LogP contribution in [0.15, 0.2) is 78.9 Å². The summed E-state index contributed by atoms with van der Waals surface area (Å²) < 4.78 is 5.89. The standard InChI is InChI=1S/C30H36N2O3/c1-22-15-17-25(18-16-22)20-32(28(33)21-35-27-14-10-9-11-23(27)2)26(29(34)31-30(3,4)5)19-24-12-7-6-8-13-24/h6-18,26H,19-21H2,1-5H3,(H,31,34)/t26-/m1/s1. The third kappa shape index (κ3) is 7.99. The first-order chi connectivity index (χ1) is 16.6. The average Bonchev–Trinajstić information content (AvgIpc) is 2.81. The molecule has 0 saturated heterocycles. The largest absolute Gasteiger partial charge is 0.484 e. The van der Waals surface area contributed by atoms with Crippen LogP contribution in [-0.2, 0) is 22.6 Å². The van der Waals surface area contributed by atoms with E-state index in [0.717, 1.165) is 22.3 Å². The summed E-state index contributed by atoms with van der Waals surface area (Å²) in [5.74, 6) is 0.242. The van der Waals surface area contributed by atoms with Crippen LogP contribution in [0.1, 0.15) is 43.0 Å². The second-order valence-electron chi connectivity index (χ2n) is 10.0. The molecule has 3 aromatic rings. The molecule has 3 rings (SSSR count). The van der Waals surface area contributed by atoms with Gasteiger partial charge in [0.05, 0.1) is 0 Å². The van der Waals surface area contributed by atoms with E-state index in [1.807, 2.05) is 113 Å². The molecule has 0 radical (unpaired) electrons. The lowest BCUT2D eigenvalue weighted by Gasteiger charge is -2.33. The summed E-state index contributed by atoms with van der Waals surface area (Å²) >= 11 is 0. The van der Waals surface area contributed by atoms with Gasteiger partial charge in [0, 0.05) is 18.5 Å². The SMILES string of the molecule is Cc1ccc(CN(C(=O)COc2ccccc2C)[C@H](Cc2ccccc2)C(=O)NC(C)(C)C)cc1. The summed E-state index contributed by atoms with van der Waals surface area (Å²) in [4.78, 5) is 28.8. The van der Waals surface area contributed by atoms with E-state index in [4.69, 9.17) is 4.74 Å². The van der Waals surface area contributed by atoms with Crippen LogP contribution in [0.2, 0.25) is 0 Å². The number of carbonyl (C=O) groups excluding carboxylic acids is 2. The molecule has 1 N–H and O–H groups in total. The number of carbonyl (C=O) groups is 2. The number of nitrogens with zero attached hydrogens (tertiary/aromatic N) is 1. The summed E-state index contributed by atoms with van der Waals surface area (Å²) in [6.45, 7) is 9.96. The van der Waals surface area contributed by atoms with Crippen molar-refractivity contribution in [3.05, 3.63) is 101 Å². The van der Waals surface area contributed by atoms with Gasteiger partial charge in [-0.1, -0.05) is 78.4 Å². The minimum absolute atomic E-state index is 0.148. The Labute approximate surface area is 209 Å².